The van der Waals surface area contributed by atoms with E-state index in [2.05, 4.69) is 4.85 Å². The number of hydrogen-bond donors (Lipinski definition) is 0. The summed E-state index contributed by atoms with van der Waals surface area (Å²) < 4.78 is 0. The lowest BCUT2D eigenvalue weighted by molar-refractivity contribution is -0.113. The third kappa shape index (κ3) is 2.79. The van der Waals surface area contributed by atoms with E-state index < -0.39 is 0 Å². The monoisotopic (exact) mass is 196 g/mol. The van der Waals surface area contributed by atoms with Gasteiger partial charge in [-0.15, -0.1) is 0 Å². The number of benzene rings is 1. The molecule has 0 bridgehead atoms. The summed E-state index contributed by atoms with van der Waals surface area (Å²) >= 11 is 0. The largest absolute Gasteiger partial charge is 0.308 e. The Hall–Kier alpha value is -2.39. The highest BCUT2D eigenvalue weighted by Gasteiger charge is 2.02. The van der Waals surface area contributed by atoms with Gasteiger partial charge < -0.3 is 4.79 Å². The van der Waals surface area contributed by atoms with Crippen molar-refractivity contribution in [3.63, 3.8) is 0 Å². The minimum Gasteiger partial charge on any atom is -0.308 e. The molecule has 0 amide bonds. The molecule has 0 aliphatic heterocycles. The summed E-state index contributed by atoms with van der Waals surface area (Å²) in [6.45, 7) is 8.16. The number of Topliss-reactive ketones (excluding diaryl/α,β-unsaturated/α-hetero) is 1. The van der Waals surface area contributed by atoms with Crippen LogP contribution in [0.2, 0.25) is 0 Å². The number of hydrogen-bond acceptors (Lipinski definition) is 2. The lowest BCUT2D eigenvalue weighted by atomic mass is 10.1. The maximum Gasteiger partial charge on any atom is 0.229 e. The minimum atomic E-state index is -0.255. The average molecular weight is 196 g/mol. The van der Waals surface area contributed by atoms with Gasteiger partial charge in [-0.3, -0.25) is 0 Å². The highest BCUT2D eigenvalue weighted by atomic mass is 16.1. The number of rotatable bonds is 2. The zero-order valence-electron chi connectivity index (χ0n) is 8.19. The van der Waals surface area contributed by atoms with Crippen molar-refractivity contribution >= 4 is 11.9 Å². The third-order valence-corrected chi connectivity index (χ3v) is 1.82. The number of nitrogens with zero attached hydrogens (tertiary/aromatic N) is 2. The molecule has 0 saturated heterocycles. The molecule has 3 nitrogen and oxygen atoms in total. The van der Waals surface area contributed by atoms with E-state index in [4.69, 9.17) is 11.8 Å². The van der Waals surface area contributed by atoms with Crippen molar-refractivity contribution in [3.8, 4) is 6.07 Å². The summed E-state index contributed by atoms with van der Waals surface area (Å²) in [5.41, 5.74) is 1.40. The van der Waals surface area contributed by atoms with Crippen molar-refractivity contribution in [2.75, 3.05) is 0 Å². The average Bonchev–Trinajstić information content (AvgIpc) is 2.26. The van der Waals surface area contributed by atoms with Crippen LogP contribution in [-0.4, -0.2) is 5.78 Å². The van der Waals surface area contributed by atoms with Gasteiger partial charge in [-0.1, -0.05) is 12.1 Å². The molecule has 1 aromatic rings. The molecule has 0 heterocycles. The van der Waals surface area contributed by atoms with E-state index in [1.54, 1.807) is 24.3 Å². The van der Waals surface area contributed by atoms with Crippen LogP contribution in [-0.2, 0) is 4.79 Å². The first kappa shape index (κ1) is 10.7. The van der Waals surface area contributed by atoms with Crippen molar-refractivity contribution in [2.24, 2.45) is 0 Å². The maximum absolute atomic E-state index is 11.0. The van der Waals surface area contributed by atoms with Crippen molar-refractivity contribution < 1.29 is 4.79 Å². The van der Waals surface area contributed by atoms with E-state index in [0.29, 0.717) is 5.56 Å². The van der Waals surface area contributed by atoms with E-state index in [9.17, 15) is 4.79 Å². The summed E-state index contributed by atoms with van der Waals surface area (Å²) in [4.78, 5) is 14.1. The van der Waals surface area contributed by atoms with Crippen LogP contribution in [0.3, 0.4) is 0 Å². The van der Waals surface area contributed by atoms with Crippen molar-refractivity contribution in [1.82, 2.24) is 0 Å². The van der Waals surface area contributed by atoms with Gasteiger partial charge in [-0.05, 0) is 30.7 Å². The molecule has 0 radical (unpaired) electrons. The summed E-state index contributed by atoms with van der Waals surface area (Å²) in [5, 5.41) is 8.58. The quantitative estimate of drug-likeness (QED) is 0.538. The van der Waals surface area contributed by atoms with Crippen LogP contribution in [0.4, 0.5) is 0 Å². The summed E-state index contributed by atoms with van der Waals surface area (Å²) in [6, 6.07) is 8.69. The van der Waals surface area contributed by atoms with E-state index in [0.717, 1.165) is 5.56 Å². The number of nitriles is 1. The zero-order chi connectivity index (χ0) is 11.3. The Balaban J connectivity index is 3.05. The Morgan fingerprint density at radius 1 is 1.47 bits per heavy atom. The van der Waals surface area contributed by atoms with Gasteiger partial charge in [-0.2, -0.15) is 5.26 Å². The molecule has 3 heteroatoms. The van der Waals surface area contributed by atoms with Crippen LogP contribution < -0.4 is 0 Å². The van der Waals surface area contributed by atoms with Crippen LogP contribution in [0, 0.1) is 17.9 Å². The fourth-order valence-corrected chi connectivity index (χ4v) is 1.02. The summed E-state index contributed by atoms with van der Waals surface area (Å²) in [6.07, 6.45) is 1.51. The molecular weight excluding hydrogens is 188 g/mol. The molecule has 0 aromatic heterocycles. The van der Waals surface area contributed by atoms with Gasteiger partial charge in [-0.25, -0.2) is 4.85 Å². The normalized spacial score (nSPS) is 10.2. The third-order valence-electron chi connectivity index (χ3n) is 1.82. The molecule has 1 aromatic carbocycles. The smallest absolute Gasteiger partial charge is 0.229 e. The van der Waals surface area contributed by atoms with Crippen LogP contribution in [0.1, 0.15) is 18.1 Å². The molecule has 0 fully saturated rings. The van der Waals surface area contributed by atoms with Gasteiger partial charge in [0, 0.05) is 0 Å². The van der Waals surface area contributed by atoms with Crippen LogP contribution >= 0.6 is 0 Å². The Morgan fingerprint density at radius 2 is 2.07 bits per heavy atom. The molecule has 0 spiro atoms. The molecule has 0 N–H and O–H groups in total. The first-order valence-electron chi connectivity index (χ1n) is 4.27. The fraction of sp³-hybridized carbons (Fsp3) is 0.0833. The van der Waals surface area contributed by atoms with E-state index >= 15 is 0 Å². The molecule has 0 saturated carbocycles. The number of carbonyl (C=O) groups excluding carboxylic acids is 1. The summed E-state index contributed by atoms with van der Waals surface area (Å²) in [7, 11) is 0. The zero-order valence-corrected chi connectivity index (χ0v) is 8.19. The van der Waals surface area contributed by atoms with Gasteiger partial charge in [0.05, 0.1) is 18.2 Å². The predicted octanol–water partition coefficient (Wildman–Crippen LogP) is 2.41. The molecule has 72 valence electrons. The first-order chi connectivity index (χ1) is 7.17. The fourth-order valence-electron chi connectivity index (χ4n) is 1.02. The number of allylic oxidation sites excluding steroid dienone is 1. The molecule has 1 rings (SSSR count). The van der Waals surface area contributed by atoms with Gasteiger partial charge in [0.15, 0.2) is 5.78 Å². The summed E-state index contributed by atoms with van der Waals surface area (Å²) in [5.74, 6) is -0.255. The van der Waals surface area contributed by atoms with Crippen molar-refractivity contribution in [2.45, 2.75) is 6.92 Å². The number of ketones is 1. The van der Waals surface area contributed by atoms with Gasteiger partial charge in [0.2, 0.25) is 5.70 Å². The topological polar surface area (TPSA) is 45.2 Å². The second-order valence-corrected chi connectivity index (χ2v) is 2.93. The molecule has 0 atom stereocenters. The second kappa shape index (κ2) is 4.74. The van der Waals surface area contributed by atoms with Crippen molar-refractivity contribution in [1.29, 1.82) is 5.26 Å². The Kier molecular flexibility index (Phi) is 3.38. The highest BCUT2D eigenvalue weighted by Crippen LogP contribution is 2.10. The lowest BCUT2D eigenvalue weighted by Gasteiger charge is -1.94. The first-order valence-corrected chi connectivity index (χ1v) is 4.27. The SMILES string of the molecule is [C-]#[N+]/C(=C\c1ccc(C#N)cc1)C(C)=O. The van der Waals surface area contributed by atoms with Crippen molar-refractivity contribution in [3.05, 3.63) is 52.5 Å². The van der Waals surface area contributed by atoms with Gasteiger partial charge >= 0.3 is 0 Å². The molecule has 0 unspecified atom stereocenters. The molecule has 15 heavy (non-hydrogen) atoms. The van der Waals surface area contributed by atoms with Crippen LogP contribution in [0.5, 0.6) is 0 Å². The van der Waals surface area contributed by atoms with E-state index in [1.165, 1.54) is 13.0 Å². The standard InChI is InChI=1S/C12H8N2O/c1-9(15)12(14-2)7-10-3-5-11(8-13)6-4-10/h3-7H,1H3/b12-7-. The predicted molar refractivity (Wildman–Crippen MR) is 56.4 cm³/mol. The van der Waals surface area contributed by atoms with Crippen LogP contribution in [0.15, 0.2) is 30.0 Å². The maximum atomic E-state index is 11.0. The van der Waals surface area contributed by atoms with E-state index in [1.807, 2.05) is 6.07 Å². The van der Waals surface area contributed by atoms with Crippen LogP contribution in [0.25, 0.3) is 10.9 Å². The minimum absolute atomic E-state index is 0.0970. The Morgan fingerprint density at radius 3 is 2.47 bits per heavy atom. The van der Waals surface area contributed by atoms with Gasteiger partial charge in [0.1, 0.15) is 0 Å². The Labute approximate surface area is 88.1 Å². The second-order valence-electron chi connectivity index (χ2n) is 2.93. The highest BCUT2D eigenvalue weighted by molar-refractivity contribution is 5.99. The van der Waals surface area contributed by atoms with Gasteiger partial charge in [0.25, 0.3) is 0 Å². The molecular formula is C12H8N2O. The Bertz CT molecular complexity index is 484. The molecule has 0 aliphatic carbocycles. The lowest BCUT2D eigenvalue weighted by Crippen LogP contribution is -1.90. The van der Waals surface area contributed by atoms with E-state index in [-0.39, 0.29) is 11.5 Å². The number of carbonyl (C=O) groups is 1. The molecule has 0 aliphatic rings.